The number of hydrogen-bond acceptors (Lipinski definition) is 5. The molecule has 1 unspecified atom stereocenters. The quantitative estimate of drug-likeness (QED) is 0.393. The lowest BCUT2D eigenvalue weighted by Crippen LogP contribution is -2.29. The maximum Gasteiger partial charge on any atom is 0.340 e. The van der Waals surface area contributed by atoms with Crippen molar-refractivity contribution >= 4 is 16.9 Å². The summed E-state index contributed by atoms with van der Waals surface area (Å²) in [6.07, 6.45) is 5.24. The molecule has 1 saturated carbocycles. The molecule has 0 amide bonds. The summed E-state index contributed by atoms with van der Waals surface area (Å²) in [7, 11) is 0. The average Bonchev–Trinajstić information content (AvgIpc) is 3.66. The van der Waals surface area contributed by atoms with Crippen molar-refractivity contribution in [2.75, 3.05) is 13.2 Å². The van der Waals surface area contributed by atoms with Crippen LogP contribution in [0.3, 0.4) is 0 Å². The Labute approximate surface area is 201 Å². The highest BCUT2D eigenvalue weighted by Crippen LogP contribution is 2.50. The first-order chi connectivity index (χ1) is 16.4. The van der Waals surface area contributed by atoms with Crippen LogP contribution in [0.2, 0.25) is 0 Å². The summed E-state index contributed by atoms with van der Waals surface area (Å²) in [4.78, 5) is 18.1. The number of ether oxygens (including phenoxy) is 3. The number of nitrogens with zero attached hydrogens (tertiary/aromatic N) is 1. The second kappa shape index (κ2) is 9.03. The Hall–Kier alpha value is -2.92. The van der Waals surface area contributed by atoms with Crippen molar-refractivity contribution < 1.29 is 19.0 Å². The molecule has 0 bridgehead atoms. The van der Waals surface area contributed by atoms with Gasteiger partial charge in [-0.15, -0.1) is 0 Å². The van der Waals surface area contributed by atoms with Crippen molar-refractivity contribution in [1.29, 1.82) is 0 Å². The highest BCUT2D eigenvalue weighted by molar-refractivity contribution is 5.96. The predicted octanol–water partition coefficient (Wildman–Crippen LogP) is 6.52. The first-order valence-corrected chi connectivity index (χ1v) is 12.4. The first kappa shape index (κ1) is 22.9. The van der Waals surface area contributed by atoms with Crippen molar-refractivity contribution in [1.82, 2.24) is 4.98 Å². The number of carbonyl (C=O) groups is 1. The van der Waals surface area contributed by atoms with E-state index < -0.39 is 11.7 Å². The summed E-state index contributed by atoms with van der Waals surface area (Å²) in [5.41, 5.74) is 5.84. The summed E-state index contributed by atoms with van der Waals surface area (Å²) >= 11 is 0. The summed E-state index contributed by atoms with van der Waals surface area (Å²) in [6.45, 7) is 8.81. The molecule has 5 rings (SSSR count). The van der Waals surface area contributed by atoms with Crippen molar-refractivity contribution in [3.8, 4) is 16.9 Å². The largest absolute Gasteiger partial charge is 0.493 e. The topological polar surface area (TPSA) is 57.7 Å². The molecule has 1 aliphatic heterocycles. The Morgan fingerprint density at radius 2 is 2.03 bits per heavy atom. The van der Waals surface area contributed by atoms with Crippen LogP contribution in [-0.4, -0.2) is 29.8 Å². The Morgan fingerprint density at radius 1 is 1.21 bits per heavy atom. The van der Waals surface area contributed by atoms with Gasteiger partial charge in [-0.2, -0.15) is 0 Å². The Morgan fingerprint density at radius 3 is 2.76 bits per heavy atom. The van der Waals surface area contributed by atoms with Gasteiger partial charge in [-0.25, -0.2) is 4.79 Å². The van der Waals surface area contributed by atoms with Gasteiger partial charge in [0.25, 0.3) is 0 Å². The number of fused-ring (bicyclic) bond motifs is 2. The molecule has 1 aromatic heterocycles. The number of esters is 1. The van der Waals surface area contributed by atoms with Crippen molar-refractivity contribution in [3.05, 3.63) is 59.3 Å². The van der Waals surface area contributed by atoms with Gasteiger partial charge in [0.05, 0.1) is 24.3 Å². The highest BCUT2D eigenvalue weighted by atomic mass is 16.6. The predicted molar refractivity (Wildman–Crippen MR) is 133 cm³/mol. The van der Waals surface area contributed by atoms with Gasteiger partial charge in [0, 0.05) is 17.1 Å². The molecular formula is C29H33NO4. The van der Waals surface area contributed by atoms with E-state index in [-0.39, 0.29) is 5.97 Å². The van der Waals surface area contributed by atoms with Crippen LogP contribution in [0.5, 0.6) is 5.75 Å². The smallest absolute Gasteiger partial charge is 0.340 e. The molecule has 2 aliphatic rings. The summed E-state index contributed by atoms with van der Waals surface area (Å²) in [6, 6.07) is 12.6. The van der Waals surface area contributed by atoms with E-state index in [0.29, 0.717) is 12.5 Å². The standard InChI is InChI=1S/C29H33NO4/c1-5-32-28(31)27(34-29(2,3)4)26-21-9-6-14-30-23(21)17-22(18-10-11-18)25(26)20-12-13-24-19(16-20)8-7-15-33-24/h6,9,12-14,16-18,27H,5,7-8,10-11,15H2,1-4H3. The van der Waals surface area contributed by atoms with Crippen LogP contribution in [0.4, 0.5) is 0 Å². The molecule has 0 spiro atoms. The number of rotatable bonds is 6. The zero-order valence-electron chi connectivity index (χ0n) is 20.5. The van der Waals surface area contributed by atoms with Gasteiger partial charge in [0.2, 0.25) is 0 Å². The second-order valence-electron chi connectivity index (χ2n) is 10.2. The average molecular weight is 460 g/mol. The molecule has 34 heavy (non-hydrogen) atoms. The Kier molecular flexibility index (Phi) is 6.07. The van der Waals surface area contributed by atoms with Crippen molar-refractivity contribution in [2.45, 2.75) is 71.0 Å². The molecule has 3 aromatic rings. The Bertz CT molecular complexity index is 1220. The van der Waals surface area contributed by atoms with E-state index in [1.54, 1.807) is 0 Å². The molecular weight excluding hydrogens is 426 g/mol. The second-order valence-corrected chi connectivity index (χ2v) is 10.2. The number of hydrogen-bond donors (Lipinski definition) is 0. The molecule has 2 aromatic carbocycles. The number of aromatic nitrogens is 1. The minimum Gasteiger partial charge on any atom is -0.493 e. The van der Waals surface area contributed by atoms with Gasteiger partial charge in [-0.05, 0) is 106 Å². The van der Waals surface area contributed by atoms with E-state index in [0.717, 1.165) is 65.6 Å². The summed E-state index contributed by atoms with van der Waals surface area (Å²) < 4.78 is 17.9. The van der Waals surface area contributed by atoms with E-state index >= 15 is 0 Å². The lowest BCUT2D eigenvalue weighted by atomic mass is 9.85. The summed E-state index contributed by atoms with van der Waals surface area (Å²) in [5, 5.41) is 0.929. The summed E-state index contributed by atoms with van der Waals surface area (Å²) in [5.74, 6) is 1.06. The molecule has 0 N–H and O–H groups in total. The van der Waals surface area contributed by atoms with Crippen LogP contribution < -0.4 is 4.74 Å². The third-order valence-corrected chi connectivity index (χ3v) is 6.43. The van der Waals surface area contributed by atoms with Gasteiger partial charge in [-0.3, -0.25) is 4.98 Å². The fourth-order valence-corrected chi connectivity index (χ4v) is 4.89. The minimum absolute atomic E-state index is 0.298. The van der Waals surface area contributed by atoms with Crippen LogP contribution in [-0.2, 0) is 20.7 Å². The van der Waals surface area contributed by atoms with Crippen LogP contribution in [0.25, 0.3) is 22.0 Å². The lowest BCUT2D eigenvalue weighted by molar-refractivity contribution is -0.166. The van der Waals surface area contributed by atoms with E-state index in [4.69, 9.17) is 14.2 Å². The number of aryl methyl sites for hydroxylation is 1. The number of carbonyl (C=O) groups excluding carboxylic acids is 1. The maximum absolute atomic E-state index is 13.4. The van der Waals surface area contributed by atoms with E-state index in [9.17, 15) is 4.79 Å². The van der Waals surface area contributed by atoms with Gasteiger partial charge in [0.1, 0.15) is 5.75 Å². The van der Waals surface area contributed by atoms with Crippen LogP contribution in [0.15, 0.2) is 42.6 Å². The van der Waals surface area contributed by atoms with Crippen LogP contribution in [0.1, 0.15) is 75.7 Å². The molecule has 178 valence electrons. The zero-order chi connectivity index (χ0) is 23.9. The Balaban J connectivity index is 1.81. The zero-order valence-corrected chi connectivity index (χ0v) is 20.5. The van der Waals surface area contributed by atoms with Crippen molar-refractivity contribution in [2.24, 2.45) is 0 Å². The van der Waals surface area contributed by atoms with E-state index in [1.807, 2.05) is 46.0 Å². The molecule has 1 aliphatic carbocycles. The van der Waals surface area contributed by atoms with Gasteiger partial charge in [0.15, 0.2) is 6.10 Å². The monoisotopic (exact) mass is 459 g/mol. The first-order valence-electron chi connectivity index (χ1n) is 12.4. The van der Waals surface area contributed by atoms with Crippen LogP contribution >= 0.6 is 0 Å². The molecule has 2 heterocycles. The third-order valence-electron chi connectivity index (χ3n) is 6.43. The SMILES string of the molecule is CCOC(=O)C(OC(C)(C)C)c1c(-c2ccc3c(c2)CCCO3)c(C2CC2)cc2ncccc12. The van der Waals surface area contributed by atoms with Crippen molar-refractivity contribution in [3.63, 3.8) is 0 Å². The minimum atomic E-state index is -0.854. The third kappa shape index (κ3) is 4.54. The maximum atomic E-state index is 13.4. The molecule has 5 nitrogen and oxygen atoms in total. The van der Waals surface area contributed by atoms with Crippen LogP contribution in [0, 0.1) is 0 Å². The number of benzene rings is 2. The molecule has 1 fully saturated rings. The lowest BCUT2D eigenvalue weighted by Gasteiger charge is -2.30. The molecule has 1 atom stereocenters. The number of pyridine rings is 1. The molecule has 0 saturated heterocycles. The van der Waals surface area contributed by atoms with Gasteiger partial charge >= 0.3 is 5.97 Å². The molecule has 5 heteroatoms. The van der Waals surface area contributed by atoms with E-state index in [1.165, 1.54) is 11.1 Å². The highest BCUT2D eigenvalue weighted by Gasteiger charge is 2.36. The van der Waals surface area contributed by atoms with Gasteiger partial charge in [-0.1, -0.05) is 12.1 Å². The molecule has 0 radical (unpaired) electrons. The van der Waals surface area contributed by atoms with E-state index in [2.05, 4.69) is 29.2 Å². The fourth-order valence-electron chi connectivity index (χ4n) is 4.89. The normalized spacial score (nSPS) is 16.6. The fraction of sp³-hybridized carbons (Fsp3) is 0.448. The van der Waals surface area contributed by atoms with Gasteiger partial charge < -0.3 is 14.2 Å².